The summed E-state index contributed by atoms with van der Waals surface area (Å²) in [6.07, 6.45) is 1.73. The van der Waals surface area contributed by atoms with Crippen molar-refractivity contribution in [3.8, 4) is 0 Å². The number of hydrogen-bond donors (Lipinski definition) is 1. The molecule has 1 aliphatic heterocycles. The molecule has 0 amide bonds. The maximum absolute atomic E-state index is 4.68. The fourth-order valence-electron chi connectivity index (χ4n) is 4.54. The van der Waals surface area contributed by atoms with Crippen molar-refractivity contribution in [2.45, 2.75) is 27.3 Å². The molecule has 5 heteroatoms. The molecule has 0 aliphatic carbocycles. The van der Waals surface area contributed by atoms with E-state index in [0.29, 0.717) is 0 Å². The molecule has 4 nitrogen and oxygen atoms in total. The molecule has 1 N–H and O–H groups in total. The van der Waals surface area contributed by atoms with Gasteiger partial charge in [-0.05, 0) is 42.7 Å². The first-order valence-corrected chi connectivity index (χ1v) is 11.2. The molecule has 5 rings (SSSR count). The summed E-state index contributed by atoms with van der Waals surface area (Å²) in [6, 6.07) is 13.3. The van der Waals surface area contributed by atoms with Crippen LogP contribution in [0, 0.1) is 20.8 Å². The average Bonchev–Trinajstić information content (AvgIpc) is 3.04. The number of anilines is 1. The van der Waals surface area contributed by atoms with E-state index in [-0.39, 0.29) is 0 Å². The van der Waals surface area contributed by atoms with E-state index >= 15 is 0 Å². The standard InChI is InChI=1S/C24H26N4S/c1-16-8-9-19-6-4-5-7-20(19)21(16)14-27-10-12-28(13-11-27)23-22-17(2)18(3)29-24(22)26-15-25-23/h4-9,15H,10-14H2,1-3H3/p+1. The summed E-state index contributed by atoms with van der Waals surface area (Å²) in [5, 5.41) is 4.01. The Morgan fingerprint density at radius 1 is 1.00 bits per heavy atom. The van der Waals surface area contributed by atoms with Crippen LogP contribution in [0.5, 0.6) is 0 Å². The van der Waals surface area contributed by atoms with E-state index in [2.05, 4.69) is 72.0 Å². The highest BCUT2D eigenvalue weighted by Crippen LogP contribution is 2.34. The SMILES string of the molecule is Cc1ccc2ccccc2c1C[NH+]1CCN(c2ncnc3sc(C)c(C)c23)CC1. The van der Waals surface area contributed by atoms with Gasteiger partial charge in [0.05, 0.1) is 31.6 Å². The van der Waals surface area contributed by atoms with E-state index in [9.17, 15) is 0 Å². The Balaban J connectivity index is 1.36. The van der Waals surface area contributed by atoms with Gasteiger partial charge in [0.1, 0.15) is 23.5 Å². The van der Waals surface area contributed by atoms with Crippen LogP contribution in [-0.4, -0.2) is 36.1 Å². The van der Waals surface area contributed by atoms with Gasteiger partial charge in [-0.2, -0.15) is 0 Å². The number of nitrogens with zero attached hydrogens (tertiary/aromatic N) is 3. The highest BCUT2D eigenvalue weighted by atomic mass is 32.1. The van der Waals surface area contributed by atoms with Crippen LogP contribution in [0.2, 0.25) is 0 Å². The molecule has 2 aromatic carbocycles. The molecule has 148 valence electrons. The number of aryl methyl sites for hydroxylation is 3. The Morgan fingerprint density at radius 2 is 1.79 bits per heavy atom. The van der Waals surface area contributed by atoms with Crippen molar-refractivity contribution < 1.29 is 4.90 Å². The predicted molar refractivity (Wildman–Crippen MR) is 122 cm³/mol. The van der Waals surface area contributed by atoms with Crippen LogP contribution in [0.3, 0.4) is 0 Å². The fraction of sp³-hybridized carbons (Fsp3) is 0.333. The van der Waals surface area contributed by atoms with Crippen molar-refractivity contribution in [2.24, 2.45) is 0 Å². The molecule has 0 saturated carbocycles. The van der Waals surface area contributed by atoms with Crippen LogP contribution < -0.4 is 9.80 Å². The number of piperazine rings is 1. The number of aromatic nitrogens is 2. The third-order valence-electron chi connectivity index (χ3n) is 6.42. The molecule has 1 fully saturated rings. The van der Waals surface area contributed by atoms with E-state index in [0.717, 1.165) is 43.4 Å². The molecular weight excluding hydrogens is 376 g/mol. The van der Waals surface area contributed by atoms with Crippen molar-refractivity contribution >= 4 is 38.1 Å². The number of hydrogen-bond acceptors (Lipinski definition) is 4. The van der Waals surface area contributed by atoms with Gasteiger partial charge in [-0.1, -0.05) is 36.4 Å². The Morgan fingerprint density at radius 3 is 2.62 bits per heavy atom. The summed E-state index contributed by atoms with van der Waals surface area (Å²) in [5.41, 5.74) is 4.24. The van der Waals surface area contributed by atoms with Gasteiger partial charge in [-0.3, -0.25) is 0 Å². The van der Waals surface area contributed by atoms with E-state index in [1.807, 2.05) is 0 Å². The molecule has 1 saturated heterocycles. The number of thiophene rings is 1. The quantitative estimate of drug-likeness (QED) is 0.567. The molecule has 0 radical (unpaired) electrons. The summed E-state index contributed by atoms with van der Waals surface area (Å²) < 4.78 is 0. The van der Waals surface area contributed by atoms with E-state index in [1.54, 1.807) is 22.6 Å². The summed E-state index contributed by atoms with van der Waals surface area (Å²) >= 11 is 1.78. The zero-order valence-electron chi connectivity index (χ0n) is 17.3. The maximum atomic E-state index is 4.68. The van der Waals surface area contributed by atoms with Gasteiger partial charge in [-0.15, -0.1) is 11.3 Å². The van der Waals surface area contributed by atoms with Crippen molar-refractivity contribution in [1.29, 1.82) is 0 Å². The Labute approximate surface area is 175 Å². The summed E-state index contributed by atoms with van der Waals surface area (Å²) in [7, 11) is 0. The fourth-order valence-corrected chi connectivity index (χ4v) is 5.54. The normalized spacial score (nSPS) is 15.5. The molecule has 0 atom stereocenters. The van der Waals surface area contributed by atoms with Crippen LogP contribution in [0.4, 0.5) is 5.82 Å². The second-order valence-electron chi connectivity index (χ2n) is 8.16. The molecule has 3 heterocycles. The van der Waals surface area contributed by atoms with E-state index < -0.39 is 0 Å². The number of rotatable bonds is 3. The topological polar surface area (TPSA) is 33.5 Å². The Kier molecular flexibility index (Phi) is 4.72. The zero-order valence-corrected chi connectivity index (χ0v) is 18.1. The minimum absolute atomic E-state index is 1.04. The monoisotopic (exact) mass is 403 g/mol. The van der Waals surface area contributed by atoms with Crippen LogP contribution in [-0.2, 0) is 6.54 Å². The maximum Gasteiger partial charge on any atom is 0.141 e. The lowest BCUT2D eigenvalue weighted by Crippen LogP contribution is -3.13. The zero-order chi connectivity index (χ0) is 20.0. The van der Waals surface area contributed by atoms with Gasteiger partial charge in [0.25, 0.3) is 0 Å². The first-order valence-electron chi connectivity index (χ1n) is 10.4. The smallest absolute Gasteiger partial charge is 0.141 e. The van der Waals surface area contributed by atoms with Crippen molar-refractivity contribution in [3.63, 3.8) is 0 Å². The molecule has 0 unspecified atom stereocenters. The first kappa shape index (κ1) is 18.5. The minimum atomic E-state index is 1.04. The number of nitrogens with one attached hydrogen (secondary N) is 1. The Bertz CT molecular complexity index is 1190. The lowest BCUT2D eigenvalue weighted by molar-refractivity contribution is -0.914. The number of benzene rings is 2. The molecule has 1 aliphatic rings. The second kappa shape index (κ2) is 7.39. The molecule has 0 spiro atoms. The third-order valence-corrected chi connectivity index (χ3v) is 7.53. The molecule has 0 bridgehead atoms. The average molecular weight is 404 g/mol. The van der Waals surface area contributed by atoms with Crippen LogP contribution in [0.15, 0.2) is 42.7 Å². The largest absolute Gasteiger partial charge is 0.345 e. The van der Waals surface area contributed by atoms with Gasteiger partial charge in [0.2, 0.25) is 0 Å². The van der Waals surface area contributed by atoms with Crippen molar-refractivity contribution in [2.75, 3.05) is 31.1 Å². The van der Waals surface area contributed by atoms with E-state index in [4.69, 9.17) is 0 Å². The minimum Gasteiger partial charge on any atom is -0.345 e. The van der Waals surface area contributed by atoms with Gasteiger partial charge >= 0.3 is 0 Å². The molecule has 2 aromatic heterocycles. The summed E-state index contributed by atoms with van der Waals surface area (Å²) in [6.45, 7) is 12.1. The highest BCUT2D eigenvalue weighted by molar-refractivity contribution is 7.18. The predicted octanol–water partition coefficient (Wildman–Crippen LogP) is 3.67. The van der Waals surface area contributed by atoms with Crippen LogP contribution in [0.1, 0.15) is 21.6 Å². The van der Waals surface area contributed by atoms with Crippen LogP contribution in [0.25, 0.3) is 21.0 Å². The first-order chi connectivity index (χ1) is 14.1. The number of quaternary nitrogens is 1. The third kappa shape index (κ3) is 3.28. The second-order valence-corrected chi connectivity index (χ2v) is 9.36. The highest BCUT2D eigenvalue weighted by Gasteiger charge is 2.25. The molecule has 29 heavy (non-hydrogen) atoms. The van der Waals surface area contributed by atoms with Gasteiger partial charge in [0.15, 0.2) is 0 Å². The summed E-state index contributed by atoms with van der Waals surface area (Å²) in [4.78, 5) is 15.8. The summed E-state index contributed by atoms with van der Waals surface area (Å²) in [5.74, 6) is 1.12. The van der Waals surface area contributed by atoms with Gasteiger partial charge < -0.3 is 9.80 Å². The lowest BCUT2D eigenvalue weighted by Gasteiger charge is -2.33. The molecule has 4 aromatic rings. The molecular formula is C24H27N4S+. The van der Waals surface area contributed by atoms with Gasteiger partial charge in [-0.25, -0.2) is 9.97 Å². The lowest BCUT2D eigenvalue weighted by atomic mass is 9.99. The van der Waals surface area contributed by atoms with Crippen molar-refractivity contribution in [1.82, 2.24) is 9.97 Å². The van der Waals surface area contributed by atoms with Crippen LogP contribution >= 0.6 is 11.3 Å². The Hall–Kier alpha value is -2.50. The number of fused-ring (bicyclic) bond motifs is 2. The van der Waals surface area contributed by atoms with Gasteiger partial charge in [0, 0.05) is 10.4 Å². The van der Waals surface area contributed by atoms with Crippen molar-refractivity contribution in [3.05, 3.63) is 64.3 Å². The van der Waals surface area contributed by atoms with E-state index in [1.165, 1.54) is 37.7 Å².